The highest BCUT2D eigenvalue weighted by Crippen LogP contribution is 2.38. The summed E-state index contributed by atoms with van der Waals surface area (Å²) in [5, 5.41) is 28.4. The maximum absolute atomic E-state index is 11.0. The van der Waals surface area contributed by atoms with E-state index in [9.17, 15) is 15.0 Å². The van der Waals surface area contributed by atoms with Gasteiger partial charge in [0.1, 0.15) is 18.3 Å². The summed E-state index contributed by atoms with van der Waals surface area (Å²) in [4.78, 5) is 11.0. The number of hydrogen-bond donors (Lipinski definition) is 3. The normalized spacial score (nSPS) is 45.9. The molecular weight excluding hydrogens is 248 g/mol. The minimum absolute atomic E-state index is 0.103. The van der Waals surface area contributed by atoms with Crippen LogP contribution in [0.15, 0.2) is 0 Å². The Kier molecular flexibility index (Phi) is 3.27. The predicted octanol–water partition coefficient (Wildman–Crippen LogP) is -1.04. The smallest absolute Gasteiger partial charge is 0.479 e. The zero-order chi connectivity index (χ0) is 12.8. The fourth-order valence-electron chi connectivity index (χ4n) is 1.99. The topological polar surface area (TPSA) is 105 Å². The first-order valence-electron chi connectivity index (χ1n) is 5.46. The van der Waals surface area contributed by atoms with Gasteiger partial charge in [-0.1, -0.05) is 13.8 Å². The van der Waals surface area contributed by atoms with Crippen LogP contribution in [0.25, 0.3) is 0 Å². The lowest BCUT2D eigenvalue weighted by Crippen LogP contribution is -2.49. The predicted molar refractivity (Wildman–Crippen MR) is 56.2 cm³/mol. The van der Waals surface area contributed by atoms with E-state index in [1.165, 1.54) is 0 Å². The number of fused-ring (bicyclic) bond motifs is 2. The maximum Gasteiger partial charge on any atom is 0.505 e. The molecule has 0 spiro atoms. The molecule has 3 N–H and O–H groups in total. The van der Waals surface area contributed by atoms with Crippen LogP contribution < -0.4 is 0 Å². The first kappa shape index (κ1) is 12.9. The number of rotatable bonds is 2. The molecule has 0 aromatic rings. The van der Waals surface area contributed by atoms with E-state index in [0.717, 1.165) is 0 Å². The average Bonchev–Trinajstić information content (AvgIpc) is 2.60. The summed E-state index contributed by atoms with van der Waals surface area (Å²) in [7, 11) is -3.12. The SMILES string of the molecule is CC(C)[Si]12OCC(O)C(O)C(O1)C(C(=O)O)O2. The van der Waals surface area contributed by atoms with Crippen molar-refractivity contribution >= 4 is 14.8 Å². The van der Waals surface area contributed by atoms with Crippen molar-refractivity contribution in [1.29, 1.82) is 0 Å². The molecule has 98 valence electrons. The molecular formula is C9H16O7Si. The molecule has 2 bridgehead atoms. The van der Waals surface area contributed by atoms with Crippen LogP contribution in [0.5, 0.6) is 0 Å². The number of aliphatic hydroxyl groups excluding tert-OH is 2. The molecule has 0 aromatic carbocycles. The lowest BCUT2D eigenvalue weighted by atomic mass is 10.0. The number of aliphatic hydroxyl groups is 2. The van der Waals surface area contributed by atoms with Gasteiger partial charge in [0.15, 0.2) is 6.10 Å². The second-order valence-electron chi connectivity index (χ2n) is 4.59. The van der Waals surface area contributed by atoms with Gasteiger partial charge in [-0.15, -0.1) is 0 Å². The Bertz CT molecular complexity index is 322. The Hall–Kier alpha value is -0.513. The molecule has 0 aromatic heterocycles. The summed E-state index contributed by atoms with van der Waals surface area (Å²) in [6.45, 7) is 3.50. The van der Waals surface area contributed by atoms with Crippen molar-refractivity contribution in [2.75, 3.05) is 6.61 Å². The van der Waals surface area contributed by atoms with Gasteiger partial charge in [0, 0.05) is 5.54 Å². The van der Waals surface area contributed by atoms with Gasteiger partial charge in [-0.3, -0.25) is 0 Å². The number of aliphatic carboxylic acids is 1. The average molecular weight is 264 g/mol. The zero-order valence-corrected chi connectivity index (χ0v) is 10.6. The Morgan fingerprint density at radius 1 is 1.35 bits per heavy atom. The van der Waals surface area contributed by atoms with Crippen LogP contribution in [-0.2, 0) is 18.1 Å². The second-order valence-corrected chi connectivity index (χ2v) is 7.71. The highest BCUT2D eigenvalue weighted by atomic mass is 28.4. The van der Waals surface area contributed by atoms with Gasteiger partial charge in [-0.05, 0) is 0 Å². The van der Waals surface area contributed by atoms with Gasteiger partial charge in [-0.25, -0.2) is 4.79 Å². The van der Waals surface area contributed by atoms with Crippen LogP contribution in [0.4, 0.5) is 0 Å². The van der Waals surface area contributed by atoms with E-state index < -0.39 is 39.2 Å². The third-order valence-corrected chi connectivity index (χ3v) is 6.19. The van der Waals surface area contributed by atoms with Crippen LogP contribution in [0.3, 0.4) is 0 Å². The molecule has 17 heavy (non-hydrogen) atoms. The first-order chi connectivity index (χ1) is 7.87. The highest BCUT2D eigenvalue weighted by molar-refractivity contribution is 6.63. The Morgan fingerprint density at radius 2 is 2.00 bits per heavy atom. The fourth-order valence-corrected chi connectivity index (χ4v) is 4.69. The minimum atomic E-state index is -3.12. The molecule has 7 nitrogen and oxygen atoms in total. The summed E-state index contributed by atoms with van der Waals surface area (Å²) in [5.41, 5.74) is -0.133. The lowest BCUT2D eigenvalue weighted by Gasteiger charge is -2.27. The molecule has 0 amide bonds. The minimum Gasteiger partial charge on any atom is -0.479 e. The standard InChI is InChI=1S/C9H16O7Si/c1-4(2)17-14-3-5(10)6(11)7(15-17)8(16-17)9(12)13/h4-8,10-11H,3H2,1-2H3,(H,12,13). The van der Waals surface area contributed by atoms with Crippen molar-refractivity contribution in [3.63, 3.8) is 0 Å². The lowest BCUT2D eigenvalue weighted by molar-refractivity contribution is -0.151. The number of carbonyl (C=O) groups is 1. The van der Waals surface area contributed by atoms with Crippen molar-refractivity contribution in [3.05, 3.63) is 0 Å². The highest BCUT2D eigenvalue weighted by Gasteiger charge is 2.62. The van der Waals surface area contributed by atoms with E-state index in [2.05, 4.69) is 0 Å². The van der Waals surface area contributed by atoms with Crippen molar-refractivity contribution in [1.82, 2.24) is 0 Å². The van der Waals surface area contributed by atoms with Gasteiger partial charge in [0.2, 0.25) is 0 Å². The van der Waals surface area contributed by atoms with E-state index in [4.69, 9.17) is 18.4 Å². The summed E-state index contributed by atoms with van der Waals surface area (Å²) >= 11 is 0. The summed E-state index contributed by atoms with van der Waals surface area (Å²) in [5.74, 6) is -1.22. The van der Waals surface area contributed by atoms with E-state index >= 15 is 0 Å². The molecule has 8 heteroatoms. The molecule has 2 aliphatic rings. The molecule has 0 radical (unpaired) electrons. The third-order valence-electron chi connectivity index (χ3n) is 3.03. The monoisotopic (exact) mass is 264 g/mol. The van der Waals surface area contributed by atoms with Crippen LogP contribution in [0.1, 0.15) is 13.8 Å². The van der Waals surface area contributed by atoms with E-state index in [1.54, 1.807) is 13.8 Å². The molecule has 2 aliphatic heterocycles. The van der Waals surface area contributed by atoms with Crippen molar-refractivity contribution in [3.8, 4) is 0 Å². The van der Waals surface area contributed by atoms with E-state index in [0.29, 0.717) is 0 Å². The van der Waals surface area contributed by atoms with Crippen LogP contribution in [0.2, 0.25) is 5.54 Å². The maximum atomic E-state index is 11.0. The van der Waals surface area contributed by atoms with Crippen molar-refractivity contribution in [2.24, 2.45) is 0 Å². The quantitative estimate of drug-likeness (QED) is 0.547. The van der Waals surface area contributed by atoms with E-state index in [1.807, 2.05) is 0 Å². The summed E-state index contributed by atoms with van der Waals surface area (Å²) in [6, 6.07) is 0. The Labute approximate surface area is 99.3 Å². The van der Waals surface area contributed by atoms with Crippen LogP contribution in [-0.4, -0.2) is 61.1 Å². The second kappa shape index (κ2) is 4.30. The van der Waals surface area contributed by atoms with Gasteiger partial charge >= 0.3 is 14.8 Å². The molecule has 2 saturated heterocycles. The van der Waals surface area contributed by atoms with Gasteiger partial charge in [-0.2, -0.15) is 0 Å². The van der Waals surface area contributed by atoms with Gasteiger partial charge < -0.3 is 28.6 Å². The zero-order valence-electron chi connectivity index (χ0n) is 9.57. The number of hydrogen-bond acceptors (Lipinski definition) is 6. The Morgan fingerprint density at radius 3 is 2.53 bits per heavy atom. The molecule has 2 rings (SSSR count). The molecule has 0 aliphatic carbocycles. The molecule has 2 heterocycles. The number of carboxylic acid groups (broad SMARTS) is 1. The summed E-state index contributed by atoms with van der Waals surface area (Å²) in [6.07, 6.45) is -4.82. The van der Waals surface area contributed by atoms with Crippen molar-refractivity contribution < 1.29 is 33.4 Å². The summed E-state index contributed by atoms with van der Waals surface area (Å²) < 4.78 is 16.4. The van der Waals surface area contributed by atoms with Gasteiger partial charge in [0.25, 0.3) is 0 Å². The first-order valence-corrected chi connectivity index (χ1v) is 7.26. The molecule has 2 fully saturated rings. The third kappa shape index (κ3) is 2.00. The largest absolute Gasteiger partial charge is 0.505 e. The molecule has 0 saturated carbocycles. The molecule has 5 unspecified atom stereocenters. The van der Waals surface area contributed by atoms with E-state index in [-0.39, 0.29) is 12.1 Å². The van der Waals surface area contributed by atoms with Crippen LogP contribution in [0, 0.1) is 0 Å². The van der Waals surface area contributed by atoms with Crippen molar-refractivity contribution in [2.45, 2.75) is 43.8 Å². The Balaban J connectivity index is 2.32. The van der Waals surface area contributed by atoms with Gasteiger partial charge in [0.05, 0.1) is 6.61 Å². The van der Waals surface area contributed by atoms with Crippen LogP contribution >= 0.6 is 0 Å². The fraction of sp³-hybridized carbons (Fsp3) is 0.889. The number of carboxylic acids is 1. The molecule has 5 atom stereocenters.